The first kappa shape index (κ1) is 16.2. The highest BCUT2D eigenvalue weighted by Gasteiger charge is 2.22. The van der Waals surface area contributed by atoms with Crippen LogP contribution in [0.1, 0.15) is 34.7 Å². The van der Waals surface area contributed by atoms with Crippen LogP contribution in [0.3, 0.4) is 0 Å². The first-order valence-electron chi connectivity index (χ1n) is 8.17. The van der Waals surface area contributed by atoms with Gasteiger partial charge in [-0.25, -0.2) is 9.97 Å². The minimum absolute atomic E-state index is 0.173. The van der Waals surface area contributed by atoms with Crippen molar-refractivity contribution < 1.29 is 9.53 Å². The Kier molecular flexibility index (Phi) is 4.93. The molecule has 1 amide bonds. The number of methoxy groups -OCH3 is 1. The third-order valence-corrected chi connectivity index (χ3v) is 3.86. The first-order chi connectivity index (χ1) is 11.6. The van der Waals surface area contributed by atoms with Crippen LogP contribution in [0.15, 0.2) is 30.3 Å². The van der Waals surface area contributed by atoms with Gasteiger partial charge in [-0.1, -0.05) is 12.1 Å². The number of amides is 1. The maximum atomic E-state index is 12.3. The summed E-state index contributed by atoms with van der Waals surface area (Å²) >= 11 is 0. The molecule has 2 aromatic rings. The Morgan fingerprint density at radius 3 is 2.67 bits per heavy atom. The summed E-state index contributed by atoms with van der Waals surface area (Å²) < 4.78 is 5.13. The van der Waals surface area contributed by atoms with Gasteiger partial charge in [0.2, 0.25) is 0 Å². The Hall–Kier alpha value is -2.63. The van der Waals surface area contributed by atoms with Crippen molar-refractivity contribution in [2.45, 2.75) is 32.2 Å². The van der Waals surface area contributed by atoms with E-state index in [0.29, 0.717) is 24.1 Å². The standard InChI is InChI=1S/C18H22N4O2/c1-12-20-16(11-17(21-12)22-14-5-6-14)18(23)19-10-9-13-3-7-15(24-2)8-4-13/h3-4,7-8,11,14H,5-6,9-10H2,1-2H3,(H,19,23)(H,20,21,22). The molecule has 126 valence electrons. The van der Waals surface area contributed by atoms with Gasteiger partial charge in [-0.2, -0.15) is 0 Å². The van der Waals surface area contributed by atoms with E-state index in [4.69, 9.17) is 4.74 Å². The van der Waals surface area contributed by atoms with Gasteiger partial charge in [-0.05, 0) is 43.9 Å². The van der Waals surface area contributed by atoms with Gasteiger partial charge >= 0.3 is 0 Å². The molecule has 6 nitrogen and oxygen atoms in total. The molecule has 1 fully saturated rings. The Morgan fingerprint density at radius 2 is 2.00 bits per heavy atom. The van der Waals surface area contributed by atoms with Gasteiger partial charge in [0.1, 0.15) is 23.1 Å². The molecule has 1 aromatic heterocycles. The van der Waals surface area contributed by atoms with Crippen LogP contribution in [0.2, 0.25) is 0 Å². The predicted octanol–water partition coefficient (Wildman–Crippen LogP) is 2.34. The zero-order chi connectivity index (χ0) is 16.9. The molecule has 24 heavy (non-hydrogen) atoms. The van der Waals surface area contributed by atoms with Crippen LogP contribution < -0.4 is 15.4 Å². The summed E-state index contributed by atoms with van der Waals surface area (Å²) in [6, 6.07) is 10.0. The maximum absolute atomic E-state index is 12.3. The number of rotatable bonds is 7. The van der Waals surface area contributed by atoms with Crippen molar-refractivity contribution in [3.05, 3.63) is 47.4 Å². The van der Waals surface area contributed by atoms with Crippen LogP contribution in [0.4, 0.5) is 5.82 Å². The highest BCUT2D eigenvalue weighted by atomic mass is 16.5. The molecule has 0 unspecified atom stereocenters. The molecule has 0 radical (unpaired) electrons. The second-order valence-electron chi connectivity index (χ2n) is 5.96. The Labute approximate surface area is 141 Å². The Balaban J connectivity index is 1.54. The fourth-order valence-corrected chi connectivity index (χ4v) is 2.40. The SMILES string of the molecule is COc1ccc(CCNC(=O)c2cc(NC3CC3)nc(C)n2)cc1. The molecule has 0 bridgehead atoms. The number of nitrogens with one attached hydrogen (secondary N) is 2. The van der Waals surface area contributed by atoms with Gasteiger partial charge in [0.05, 0.1) is 7.11 Å². The molecular formula is C18H22N4O2. The van der Waals surface area contributed by atoms with Gasteiger partial charge in [0.15, 0.2) is 0 Å². The van der Waals surface area contributed by atoms with Gasteiger partial charge in [-0.15, -0.1) is 0 Å². The number of anilines is 1. The molecule has 0 aliphatic heterocycles. The lowest BCUT2D eigenvalue weighted by atomic mass is 10.1. The van der Waals surface area contributed by atoms with Crippen LogP contribution >= 0.6 is 0 Å². The second-order valence-corrected chi connectivity index (χ2v) is 5.96. The highest BCUT2D eigenvalue weighted by Crippen LogP contribution is 2.23. The highest BCUT2D eigenvalue weighted by molar-refractivity contribution is 5.92. The number of carbonyl (C=O) groups excluding carboxylic acids is 1. The van der Waals surface area contributed by atoms with Gasteiger partial charge in [0, 0.05) is 18.7 Å². The zero-order valence-corrected chi connectivity index (χ0v) is 14.0. The van der Waals surface area contributed by atoms with Gasteiger partial charge in [0.25, 0.3) is 5.91 Å². The molecule has 2 N–H and O–H groups in total. The van der Waals surface area contributed by atoms with Crippen molar-refractivity contribution in [3.63, 3.8) is 0 Å². The lowest BCUT2D eigenvalue weighted by molar-refractivity contribution is 0.0949. The van der Waals surface area contributed by atoms with E-state index < -0.39 is 0 Å². The van der Waals surface area contributed by atoms with Gasteiger partial charge < -0.3 is 15.4 Å². The number of aromatic nitrogens is 2. The largest absolute Gasteiger partial charge is 0.497 e. The average Bonchev–Trinajstić information content (AvgIpc) is 3.39. The van der Waals surface area contributed by atoms with E-state index in [-0.39, 0.29) is 5.91 Å². The minimum Gasteiger partial charge on any atom is -0.497 e. The lowest BCUT2D eigenvalue weighted by Crippen LogP contribution is -2.27. The van der Waals surface area contributed by atoms with Crippen molar-refractivity contribution in [2.24, 2.45) is 0 Å². The van der Waals surface area contributed by atoms with Crippen LogP contribution in [-0.2, 0) is 6.42 Å². The molecule has 1 heterocycles. The fourth-order valence-electron chi connectivity index (χ4n) is 2.40. The summed E-state index contributed by atoms with van der Waals surface area (Å²) in [5.41, 5.74) is 1.55. The number of hydrogen-bond donors (Lipinski definition) is 2. The fraction of sp³-hybridized carbons (Fsp3) is 0.389. The molecule has 1 aromatic carbocycles. The lowest BCUT2D eigenvalue weighted by Gasteiger charge is -2.09. The third kappa shape index (κ3) is 4.44. The predicted molar refractivity (Wildman–Crippen MR) is 92.4 cm³/mol. The smallest absolute Gasteiger partial charge is 0.270 e. The van der Waals surface area contributed by atoms with Crippen LogP contribution in [0.25, 0.3) is 0 Å². The normalized spacial score (nSPS) is 13.4. The zero-order valence-electron chi connectivity index (χ0n) is 14.0. The minimum atomic E-state index is -0.173. The molecule has 1 aliphatic rings. The summed E-state index contributed by atoms with van der Waals surface area (Å²) in [7, 11) is 1.64. The topological polar surface area (TPSA) is 76.1 Å². The van der Waals surface area contributed by atoms with Crippen molar-refractivity contribution in [3.8, 4) is 5.75 Å². The number of aryl methyl sites for hydroxylation is 1. The van der Waals surface area contributed by atoms with E-state index in [0.717, 1.165) is 36.4 Å². The van der Waals surface area contributed by atoms with Crippen molar-refractivity contribution in [2.75, 3.05) is 19.0 Å². The molecule has 3 rings (SSSR count). The average molecular weight is 326 g/mol. The summed E-state index contributed by atoms with van der Waals surface area (Å²) in [6.07, 6.45) is 3.08. The molecule has 6 heteroatoms. The molecule has 1 saturated carbocycles. The van der Waals surface area contributed by atoms with Crippen LogP contribution in [0.5, 0.6) is 5.75 Å². The maximum Gasteiger partial charge on any atom is 0.270 e. The van der Waals surface area contributed by atoms with Crippen molar-refractivity contribution in [1.29, 1.82) is 0 Å². The number of ether oxygens (including phenoxy) is 1. The monoisotopic (exact) mass is 326 g/mol. The number of carbonyl (C=O) groups is 1. The van der Waals surface area contributed by atoms with E-state index >= 15 is 0 Å². The van der Waals surface area contributed by atoms with Crippen LogP contribution in [-0.4, -0.2) is 35.6 Å². The molecule has 0 saturated heterocycles. The Bertz CT molecular complexity index is 711. The molecule has 1 aliphatic carbocycles. The van der Waals surface area contributed by atoms with E-state index in [1.54, 1.807) is 20.1 Å². The van der Waals surface area contributed by atoms with Crippen LogP contribution in [0, 0.1) is 6.92 Å². The number of nitrogens with zero attached hydrogens (tertiary/aromatic N) is 2. The van der Waals surface area contributed by atoms with Crippen molar-refractivity contribution >= 4 is 11.7 Å². The van der Waals surface area contributed by atoms with Gasteiger partial charge in [-0.3, -0.25) is 4.79 Å². The first-order valence-corrected chi connectivity index (χ1v) is 8.17. The summed E-state index contributed by atoms with van der Waals surface area (Å²) in [5, 5.41) is 6.21. The van der Waals surface area contributed by atoms with E-state index in [1.165, 1.54) is 0 Å². The quantitative estimate of drug-likeness (QED) is 0.817. The Morgan fingerprint density at radius 1 is 1.25 bits per heavy atom. The van der Waals surface area contributed by atoms with Crippen molar-refractivity contribution in [1.82, 2.24) is 15.3 Å². The van der Waals surface area contributed by atoms with E-state index in [1.807, 2.05) is 24.3 Å². The molecular weight excluding hydrogens is 304 g/mol. The summed E-state index contributed by atoms with van der Waals surface area (Å²) in [6.45, 7) is 2.35. The second kappa shape index (κ2) is 7.29. The summed E-state index contributed by atoms with van der Waals surface area (Å²) in [4.78, 5) is 20.8. The molecule has 0 spiro atoms. The summed E-state index contributed by atoms with van der Waals surface area (Å²) in [5.74, 6) is 1.98. The number of benzene rings is 1. The number of hydrogen-bond acceptors (Lipinski definition) is 5. The van der Waals surface area contributed by atoms with E-state index in [9.17, 15) is 4.79 Å². The molecule has 0 atom stereocenters. The van der Waals surface area contributed by atoms with E-state index in [2.05, 4.69) is 20.6 Å². The third-order valence-electron chi connectivity index (χ3n) is 3.86.